The van der Waals surface area contributed by atoms with Crippen LogP contribution in [0.5, 0.6) is 17.2 Å². The molecule has 2 aromatic carbocycles. The Kier molecular flexibility index (Phi) is 9.64. The van der Waals surface area contributed by atoms with Gasteiger partial charge in [0.25, 0.3) is 5.91 Å². The highest BCUT2D eigenvalue weighted by atomic mass is 32.2. The van der Waals surface area contributed by atoms with Crippen LogP contribution in [0.15, 0.2) is 47.4 Å². The third-order valence-electron chi connectivity index (χ3n) is 4.81. The van der Waals surface area contributed by atoms with Crippen molar-refractivity contribution < 1.29 is 37.0 Å². The van der Waals surface area contributed by atoms with Gasteiger partial charge in [-0.3, -0.25) is 9.59 Å². The molecule has 35 heavy (non-hydrogen) atoms. The number of carbonyl (C=O) groups is 2. The summed E-state index contributed by atoms with van der Waals surface area (Å²) in [6.07, 6.45) is 2.02. The average Bonchev–Trinajstić information content (AvgIpc) is 2.86. The number of amides is 1. The largest absolute Gasteiger partial charge is 0.494 e. The van der Waals surface area contributed by atoms with Gasteiger partial charge in [-0.1, -0.05) is 0 Å². The van der Waals surface area contributed by atoms with Crippen LogP contribution < -0.4 is 24.2 Å². The zero-order valence-corrected chi connectivity index (χ0v) is 21.1. The Morgan fingerprint density at radius 1 is 1.09 bits per heavy atom. The van der Waals surface area contributed by atoms with Gasteiger partial charge in [0.2, 0.25) is 10.0 Å². The van der Waals surface area contributed by atoms with Crippen molar-refractivity contribution in [2.75, 3.05) is 43.8 Å². The number of thioether (sulfide) groups is 1. The number of rotatable bonds is 12. The fraction of sp³-hybridized carbons (Fsp3) is 0.391. The van der Waals surface area contributed by atoms with E-state index in [0.29, 0.717) is 48.5 Å². The van der Waals surface area contributed by atoms with Gasteiger partial charge >= 0.3 is 5.97 Å². The SMILES string of the molecule is CCOc1ccc(NC(=O)COC(=O)[C@@H](CCSC)NS(=O)(=O)c2ccc3c(c2)OCCO3)cc1. The van der Waals surface area contributed by atoms with Gasteiger partial charge in [-0.25, -0.2) is 8.42 Å². The number of carbonyl (C=O) groups excluding carboxylic acids is 2. The summed E-state index contributed by atoms with van der Waals surface area (Å²) in [6, 6.07) is 9.78. The molecule has 2 N–H and O–H groups in total. The second-order valence-electron chi connectivity index (χ2n) is 7.37. The van der Waals surface area contributed by atoms with E-state index in [9.17, 15) is 18.0 Å². The summed E-state index contributed by atoms with van der Waals surface area (Å²) in [7, 11) is -4.07. The molecule has 12 heteroatoms. The predicted octanol–water partition coefficient (Wildman–Crippen LogP) is 2.44. The topological polar surface area (TPSA) is 129 Å². The Morgan fingerprint density at radius 2 is 1.80 bits per heavy atom. The minimum Gasteiger partial charge on any atom is -0.494 e. The first kappa shape index (κ1) is 26.6. The quantitative estimate of drug-likeness (QED) is 0.402. The molecule has 1 aliphatic rings. The lowest BCUT2D eigenvalue weighted by Crippen LogP contribution is -2.43. The molecule has 1 heterocycles. The number of anilines is 1. The number of esters is 1. The fourth-order valence-electron chi connectivity index (χ4n) is 3.14. The Morgan fingerprint density at radius 3 is 2.49 bits per heavy atom. The van der Waals surface area contributed by atoms with Gasteiger partial charge in [0, 0.05) is 11.8 Å². The zero-order valence-electron chi connectivity index (χ0n) is 19.4. The number of nitrogens with one attached hydrogen (secondary N) is 2. The Labute approximate surface area is 208 Å². The highest BCUT2D eigenvalue weighted by molar-refractivity contribution is 7.98. The van der Waals surface area contributed by atoms with Crippen LogP contribution in [0, 0.1) is 0 Å². The van der Waals surface area contributed by atoms with E-state index in [0.717, 1.165) is 0 Å². The van der Waals surface area contributed by atoms with Crippen molar-refractivity contribution in [3.05, 3.63) is 42.5 Å². The summed E-state index contributed by atoms with van der Waals surface area (Å²) < 4.78 is 49.6. The van der Waals surface area contributed by atoms with E-state index in [2.05, 4.69) is 10.0 Å². The van der Waals surface area contributed by atoms with E-state index in [4.69, 9.17) is 18.9 Å². The molecule has 3 rings (SSSR count). The van der Waals surface area contributed by atoms with Crippen LogP contribution in [0.25, 0.3) is 0 Å². The molecule has 10 nitrogen and oxygen atoms in total. The van der Waals surface area contributed by atoms with Crippen LogP contribution in [0.1, 0.15) is 13.3 Å². The van der Waals surface area contributed by atoms with Crippen molar-refractivity contribution in [2.24, 2.45) is 0 Å². The molecule has 0 aliphatic carbocycles. The van der Waals surface area contributed by atoms with Gasteiger partial charge < -0.3 is 24.3 Å². The highest BCUT2D eigenvalue weighted by Gasteiger charge is 2.28. The maximum atomic E-state index is 12.9. The predicted molar refractivity (Wildman–Crippen MR) is 132 cm³/mol. The average molecular weight is 525 g/mol. The summed E-state index contributed by atoms with van der Waals surface area (Å²) in [5, 5.41) is 2.61. The summed E-state index contributed by atoms with van der Waals surface area (Å²) in [6.45, 7) is 2.52. The Hall–Kier alpha value is -2.96. The molecule has 1 aliphatic heterocycles. The third kappa shape index (κ3) is 7.77. The normalized spacial score (nSPS) is 13.5. The molecule has 0 unspecified atom stereocenters. The highest BCUT2D eigenvalue weighted by Crippen LogP contribution is 2.32. The van der Waals surface area contributed by atoms with Crippen LogP contribution in [0.2, 0.25) is 0 Å². The zero-order chi connectivity index (χ0) is 25.3. The van der Waals surface area contributed by atoms with Crippen LogP contribution in [0.3, 0.4) is 0 Å². The summed E-state index contributed by atoms with van der Waals surface area (Å²) >= 11 is 1.45. The standard InChI is InChI=1S/C23H28N2O8S2/c1-3-30-17-6-4-16(5-7-17)24-22(26)15-33-23(27)19(10-13-34-2)25-35(28,29)18-8-9-20-21(14-18)32-12-11-31-20/h4-9,14,19,25H,3,10-13,15H2,1-2H3,(H,24,26)/t19-/m1/s1. The molecule has 0 aromatic heterocycles. The lowest BCUT2D eigenvalue weighted by atomic mass is 10.2. The van der Waals surface area contributed by atoms with E-state index < -0.39 is 34.5 Å². The number of benzene rings is 2. The van der Waals surface area contributed by atoms with Gasteiger partial charge in [0.05, 0.1) is 11.5 Å². The number of sulfonamides is 1. The lowest BCUT2D eigenvalue weighted by Gasteiger charge is -2.20. The van der Waals surface area contributed by atoms with E-state index in [1.165, 1.54) is 30.0 Å². The molecule has 0 saturated heterocycles. The van der Waals surface area contributed by atoms with E-state index in [-0.39, 0.29) is 11.3 Å². The Balaban J connectivity index is 1.60. The summed E-state index contributed by atoms with van der Waals surface area (Å²) in [5.41, 5.74) is 0.507. The summed E-state index contributed by atoms with van der Waals surface area (Å²) in [4.78, 5) is 24.8. The van der Waals surface area contributed by atoms with Gasteiger partial charge in [-0.2, -0.15) is 16.5 Å². The molecule has 2 aromatic rings. The van der Waals surface area contributed by atoms with Crippen molar-refractivity contribution in [1.82, 2.24) is 4.72 Å². The van der Waals surface area contributed by atoms with Crippen LogP contribution in [-0.4, -0.2) is 64.8 Å². The van der Waals surface area contributed by atoms with Crippen molar-refractivity contribution in [2.45, 2.75) is 24.3 Å². The molecule has 0 saturated carbocycles. The first-order valence-corrected chi connectivity index (χ1v) is 13.8. The van der Waals surface area contributed by atoms with Crippen LogP contribution in [0.4, 0.5) is 5.69 Å². The molecule has 0 spiro atoms. The van der Waals surface area contributed by atoms with Crippen molar-refractivity contribution in [3.63, 3.8) is 0 Å². The molecular weight excluding hydrogens is 496 g/mol. The number of hydrogen-bond acceptors (Lipinski definition) is 9. The number of hydrogen-bond donors (Lipinski definition) is 2. The van der Waals surface area contributed by atoms with E-state index in [1.807, 2.05) is 13.2 Å². The first-order valence-electron chi connectivity index (χ1n) is 10.9. The second kappa shape index (κ2) is 12.7. The fourth-order valence-corrected chi connectivity index (χ4v) is 4.85. The van der Waals surface area contributed by atoms with Gasteiger partial charge in [0.15, 0.2) is 18.1 Å². The molecular formula is C23H28N2O8S2. The maximum absolute atomic E-state index is 12.9. The number of ether oxygens (including phenoxy) is 4. The van der Waals surface area contributed by atoms with E-state index >= 15 is 0 Å². The van der Waals surface area contributed by atoms with Crippen molar-refractivity contribution in [1.29, 1.82) is 0 Å². The van der Waals surface area contributed by atoms with E-state index in [1.54, 1.807) is 24.3 Å². The first-order chi connectivity index (χ1) is 16.8. The minimum absolute atomic E-state index is 0.0723. The molecule has 190 valence electrons. The third-order valence-corrected chi connectivity index (χ3v) is 6.92. The number of fused-ring (bicyclic) bond motifs is 1. The smallest absolute Gasteiger partial charge is 0.324 e. The van der Waals surface area contributed by atoms with Crippen LogP contribution in [-0.2, 0) is 24.3 Å². The van der Waals surface area contributed by atoms with Gasteiger partial charge in [0.1, 0.15) is 25.0 Å². The molecule has 0 fully saturated rings. The molecule has 0 radical (unpaired) electrons. The Bertz CT molecular complexity index is 1120. The monoisotopic (exact) mass is 524 g/mol. The molecule has 0 bridgehead atoms. The molecule has 1 atom stereocenters. The second-order valence-corrected chi connectivity index (χ2v) is 10.1. The van der Waals surface area contributed by atoms with Gasteiger partial charge in [-0.05, 0) is 61.8 Å². The molecule has 1 amide bonds. The maximum Gasteiger partial charge on any atom is 0.324 e. The van der Waals surface area contributed by atoms with Crippen LogP contribution >= 0.6 is 11.8 Å². The summed E-state index contributed by atoms with van der Waals surface area (Å²) in [5.74, 6) is 0.532. The minimum atomic E-state index is -4.07. The van der Waals surface area contributed by atoms with Gasteiger partial charge in [-0.15, -0.1) is 0 Å². The lowest BCUT2D eigenvalue weighted by molar-refractivity contribution is -0.149. The van der Waals surface area contributed by atoms with Crippen molar-refractivity contribution in [3.8, 4) is 17.2 Å². The van der Waals surface area contributed by atoms with Crippen molar-refractivity contribution >= 4 is 39.3 Å².